The largest absolute Gasteiger partial charge is 0.359 e. The SMILES string of the molecule is C1=C(c2ccc(-c3cc4ccccc4c4ccccc34)cc2)N=C(c2ccc(-c3cnc4ccccc4c3)cc2)NC1c1cc2ccccc2c2ccccc12. The van der Waals surface area contributed by atoms with Crippen LogP contribution in [0.3, 0.4) is 0 Å². The number of nitrogens with one attached hydrogen (secondary N) is 1. The Balaban J connectivity index is 1.02. The number of pyridine rings is 1. The monoisotopic (exact) mass is 713 g/mol. The second-order valence-electron chi connectivity index (χ2n) is 14.6. The number of hydrogen-bond donors (Lipinski definition) is 1. The molecule has 0 bridgehead atoms. The highest BCUT2D eigenvalue weighted by molar-refractivity contribution is 6.14. The summed E-state index contributed by atoms with van der Waals surface area (Å²) in [6.07, 6.45) is 4.25. The first kappa shape index (κ1) is 32.1. The van der Waals surface area contributed by atoms with E-state index >= 15 is 0 Å². The van der Waals surface area contributed by atoms with Crippen molar-refractivity contribution in [3.63, 3.8) is 0 Å². The molecule has 3 heteroatoms. The Hall–Kier alpha value is -7.36. The third-order valence-corrected chi connectivity index (χ3v) is 11.3. The van der Waals surface area contributed by atoms with Crippen molar-refractivity contribution in [1.29, 1.82) is 0 Å². The number of aromatic nitrogens is 1. The van der Waals surface area contributed by atoms with E-state index in [4.69, 9.17) is 9.98 Å². The van der Waals surface area contributed by atoms with Crippen LogP contribution in [0, 0.1) is 0 Å². The van der Waals surface area contributed by atoms with Gasteiger partial charge in [0.2, 0.25) is 0 Å². The van der Waals surface area contributed by atoms with Crippen LogP contribution in [-0.2, 0) is 0 Å². The molecular weight excluding hydrogens is 679 g/mol. The van der Waals surface area contributed by atoms with Crippen molar-refractivity contribution in [2.45, 2.75) is 6.04 Å². The van der Waals surface area contributed by atoms with Gasteiger partial charge in [0.05, 0.1) is 17.3 Å². The van der Waals surface area contributed by atoms with E-state index in [-0.39, 0.29) is 6.04 Å². The lowest BCUT2D eigenvalue weighted by molar-refractivity contribution is 0.788. The maximum Gasteiger partial charge on any atom is 0.134 e. The number of para-hydroxylation sites is 1. The van der Waals surface area contributed by atoms with Gasteiger partial charge < -0.3 is 5.32 Å². The van der Waals surface area contributed by atoms with E-state index in [2.05, 4.69) is 187 Å². The number of hydrogen-bond acceptors (Lipinski definition) is 3. The molecule has 1 aromatic heterocycles. The fourth-order valence-corrected chi connectivity index (χ4v) is 8.52. The lowest BCUT2D eigenvalue weighted by Crippen LogP contribution is -2.31. The van der Waals surface area contributed by atoms with Crippen molar-refractivity contribution in [3.8, 4) is 22.3 Å². The number of aliphatic imine (C=N–C) groups is 1. The van der Waals surface area contributed by atoms with Crippen LogP contribution in [0.5, 0.6) is 0 Å². The van der Waals surface area contributed by atoms with E-state index in [1.807, 2.05) is 18.3 Å². The van der Waals surface area contributed by atoms with Crippen molar-refractivity contribution >= 4 is 65.5 Å². The molecule has 0 saturated heterocycles. The number of amidine groups is 1. The molecule has 1 aliphatic heterocycles. The summed E-state index contributed by atoms with van der Waals surface area (Å²) in [6.45, 7) is 0. The fourth-order valence-electron chi connectivity index (χ4n) is 8.52. The maximum absolute atomic E-state index is 5.33. The number of benzene rings is 9. The summed E-state index contributed by atoms with van der Waals surface area (Å²) in [4.78, 5) is 10.0. The topological polar surface area (TPSA) is 37.3 Å². The predicted molar refractivity (Wildman–Crippen MR) is 236 cm³/mol. The first-order valence-electron chi connectivity index (χ1n) is 19.2. The average molecular weight is 714 g/mol. The molecule has 0 saturated carbocycles. The molecule has 3 nitrogen and oxygen atoms in total. The van der Waals surface area contributed by atoms with E-state index in [9.17, 15) is 0 Å². The fraction of sp³-hybridized carbons (Fsp3) is 0.0189. The third-order valence-electron chi connectivity index (χ3n) is 11.3. The van der Waals surface area contributed by atoms with Gasteiger partial charge >= 0.3 is 0 Å². The highest BCUT2D eigenvalue weighted by Crippen LogP contribution is 2.38. The van der Waals surface area contributed by atoms with Crippen LogP contribution in [0.25, 0.3) is 81.9 Å². The normalized spacial score (nSPS) is 14.2. The van der Waals surface area contributed by atoms with Gasteiger partial charge in [-0.05, 0) is 101 Å². The molecule has 0 amide bonds. The molecule has 1 unspecified atom stereocenters. The van der Waals surface area contributed by atoms with Gasteiger partial charge in [0.15, 0.2) is 0 Å². The summed E-state index contributed by atoms with van der Waals surface area (Å²) in [6, 6.07) is 67.5. The average Bonchev–Trinajstić information content (AvgIpc) is 3.28. The zero-order valence-electron chi connectivity index (χ0n) is 30.5. The summed E-state index contributed by atoms with van der Waals surface area (Å²) in [5, 5.41) is 15.0. The smallest absolute Gasteiger partial charge is 0.134 e. The van der Waals surface area contributed by atoms with Crippen LogP contribution in [-0.4, -0.2) is 10.8 Å². The van der Waals surface area contributed by atoms with E-state index < -0.39 is 0 Å². The number of rotatable bonds is 5. The first-order valence-corrected chi connectivity index (χ1v) is 19.2. The van der Waals surface area contributed by atoms with Crippen LogP contribution in [0.15, 0.2) is 205 Å². The molecule has 1 N–H and O–H groups in total. The summed E-state index contributed by atoms with van der Waals surface area (Å²) in [5.41, 5.74) is 9.90. The van der Waals surface area contributed by atoms with Crippen molar-refractivity contribution in [2.75, 3.05) is 0 Å². The standard InChI is InChI=1S/C53H35N3/c1-4-14-42-38(11-1)30-48(46-18-8-6-16-44(42)46)35-23-25-36(26-24-35)51-32-52(49-31-39-12-2-5-15-43(39)45-17-7-9-19-47(45)49)56-53(55-51)37-27-21-34(22-28-37)41-29-40-13-3-10-20-50(40)54-33-41/h1-33,52H,(H,55,56). The third kappa shape index (κ3) is 5.52. The quantitative estimate of drug-likeness (QED) is 0.180. The summed E-state index contributed by atoms with van der Waals surface area (Å²) < 4.78 is 0. The summed E-state index contributed by atoms with van der Waals surface area (Å²) in [5.74, 6) is 0.845. The Morgan fingerprint density at radius 3 is 1.66 bits per heavy atom. The van der Waals surface area contributed by atoms with Crippen LogP contribution >= 0.6 is 0 Å². The second kappa shape index (κ2) is 13.2. The molecule has 56 heavy (non-hydrogen) atoms. The Morgan fingerprint density at radius 1 is 0.393 bits per heavy atom. The Kier molecular flexibility index (Phi) is 7.56. The van der Waals surface area contributed by atoms with Crippen molar-refractivity contribution < 1.29 is 0 Å². The Bertz CT molecular complexity index is 3210. The van der Waals surface area contributed by atoms with Gasteiger partial charge in [0, 0.05) is 22.7 Å². The van der Waals surface area contributed by atoms with Crippen LogP contribution < -0.4 is 5.32 Å². The predicted octanol–water partition coefficient (Wildman–Crippen LogP) is 13.3. The van der Waals surface area contributed by atoms with Crippen LogP contribution in [0.2, 0.25) is 0 Å². The Morgan fingerprint density at radius 2 is 0.929 bits per heavy atom. The summed E-state index contributed by atoms with van der Waals surface area (Å²) >= 11 is 0. The van der Waals surface area contributed by atoms with E-state index in [0.29, 0.717) is 0 Å². The number of fused-ring (bicyclic) bond motifs is 7. The lowest BCUT2D eigenvalue weighted by Gasteiger charge is -2.26. The van der Waals surface area contributed by atoms with E-state index in [1.165, 1.54) is 59.8 Å². The molecule has 10 aromatic rings. The van der Waals surface area contributed by atoms with Gasteiger partial charge in [-0.1, -0.05) is 164 Å². The van der Waals surface area contributed by atoms with Gasteiger partial charge in [-0.2, -0.15) is 0 Å². The molecule has 0 spiro atoms. The second-order valence-corrected chi connectivity index (χ2v) is 14.6. The molecule has 1 aliphatic rings. The minimum absolute atomic E-state index is 0.111. The van der Waals surface area contributed by atoms with Crippen LogP contribution in [0.4, 0.5) is 0 Å². The molecule has 11 rings (SSSR count). The maximum atomic E-state index is 5.33. The Labute approximate surface area is 324 Å². The molecular formula is C53H35N3. The zero-order valence-corrected chi connectivity index (χ0v) is 30.5. The lowest BCUT2D eigenvalue weighted by atomic mass is 9.91. The highest BCUT2D eigenvalue weighted by atomic mass is 15.0. The van der Waals surface area contributed by atoms with E-state index in [1.54, 1.807) is 0 Å². The van der Waals surface area contributed by atoms with E-state index in [0.717, 1.165) is 44.7 Å². The molecule has 1 atom stereocenters. The molecule has 2 heterocycles. The van der Waals surface area contributed by atoms with Crippen LogP contribution in [0.1, 0.15) is 22.7 Å². The molecule has 262 valence electrons. The molecule has 0 radical (unpaired) electrons. The molecule has 0 fully saturated rings. The zero-order chi connectivity index (χ0) is 37.0. The first-order chi connectivity index (χ1) is 27.7. The van der Waals surface area contributed by atoms with Crippen molar-refractivity contribution in [3.05, 3.63) is 217 Å². The van der Waals surface area contributed by atoms with Crippen molar-refractivity contribution in [2.24, 2.45) is 4.99 Å². The minimum atomic E-state index is -0.111. The van der Waals surface area contributed by atoms with Gasteiger partial charge in [-0.15, -0.1) is 0 Å². The number of nitrogens with zero attached hydrogens (tertiary/aromatic N) is 2. The highest BCUT2D eigenvalue weighted by Gasteiger charge is 2.23. The van der Waals surface area contributed by atoms with Crippen molar-refractivity contribution in [1.82, 2.24) is 10.3 Å². The molecule has 0 aliphatic carbocycles. The van der Waals surface area contributed by atoms with Gasteiger partial charge in [-0.3, -0.25) is 4.98 Å². The van der Waals surface area contributed by atoms with Gasteiger partial charge in [0.1, 0.15) is 5.84 Å². The van der Waals surface area contributed by atoms with Gasteiger partial charge in [-0.25, -0.2) is 4.99 Å². The van der Waals surface area contributed by atoms with Gasteiger partial charge in [0.25, 0.3) is 0 Å². The summed E-state index contributed by atoms with van der Waals surface area (Å²) in [7, 11) is 0. The minimum Gasteiger partial charge on any atom is -0.359 e. The molecule has 9 aromatic carbocycles.